The Morgan fingerprint density at radius 1 is 1.11 bits per heavy atom. The van der Waals surface area contributed by atoms with E-state index in [1.807, 2.05) is 20.8 Å². The number of hydrogen-bond acceptors (Lipinski definition) is 3. The van der Waals surface area contributed by atoms with Crippen LogP contribution in [-0.2, 0) is 4.79 Å². The topological polar surface area (TPSA) is 84.2 Å². The van der Waals surface area contributed by atoms with Gasteiger partial charge in [0.2, 0.25) is 5.91 Å². The molecule has 0 saturated carbocycles. The summed E-state index contributed by atoms with van der Waals surface area (Å²) in [5, 5.41) is 5.33. The fourth-order valence-electron chi connectivity index (χ4n) is 1.32. The third kappa shape index (κ3) is 5.90. The van der Waals surface area contributed by atoms with Gasteiger partial charge in [0.15, 0.2) is 0 Å². The highest BCUT2D eigenvalue weighted by Crippen LogP contribution is 2.09. The Bertz CT molecular complexity index is 447. The van der Waals surface area contributed by atoms with Crippen LogP contribution >= 0.6 is 0 Å². The van der Waals surface area contributed by atoms with E-state index in [-0.39, 0.29) is 23.8 Å². The maximum absolute atomic E-state index is 11.7. The van der Waals surface area contributed by atoms with Crippen LogP contribution < -0.4 is 16.4 Å². The van der Waals surface area contributed by atoms with Gasteiger partial charge in [0.05, 0.1) is 6.54 Å². The Morgan fingerprint density at radius 3 is 2.21 bits per heavy atom. The first kappa shape index (κ1) is 15.0. The molecule has 0 radical (unpaired) electrons. The van der Waals surface area contributed by atoms with Gasteiger partial charge in [-0.1, -0.05) is 20.8 Å². The van der Waals surface area contributed by atoms with Crippen LogP contribution in [0.3, 0.4) is 0 Å². The van der Waals surface area contributed by atoms with Gasteiger partial charge in [0.1, 0.15) is 0 Å². The van der Waals surface area contributed by atoms with Crippen molar-refractivity contribution >= 4 is 17.5 Å². The second-order valence-electron chi connectivity index (χ2n) is 5.64. The van der Waals surface area contributed by atoms with E-state index in [2.05, 4.69) is 10.6 Å². The van der Waals surface area contributed by atoms with Crippen molar-refractivity contribution in [2.75, 3.05) is 18.8 Å². The Hall–Kier alpha value is -2.04. The van der Waals surface area contributed by atoms with E-state index in [0.29, 0.717) is 17.8 Å². The van der Waals surface area contributed by atoms with Crippen molar-refractivity contribution in [3.8, 4) is 0 Å². The number of amides is 2. The molecule has 0 aliphatic heterocycles. The molecule has 0 bridgehead atoms. The molecular weight excluding hydrogens is 242 g/mol. The van der Waals surface area contributed by atoms with Gasteiger partial charge in [-0.05, 0) is 29.7 Å². The Balaban J connectivity index is 2.38. The van der Waals surface area contributed by atoms with E-state index in [1.165, 1.54) is 0 Å². The first-order chi connectivity index (χ1) is 8.78. The second-order valence-corrected chi connectivity index (χ2v) is 5.64. The Kier molecular flexibility index (Phi) is 4.92. The summed E-state index contributed by atoms with van der Waals surface area (Å²) in [6, 6.07) is 6.54. The van der Waals surface area contributed by atoms with Gasteiger partial charge in [-0.15, -0.1) is 0 Å². The Labute approximate surface area is 113 Å². The van der Waals surface area contributed by atoms with Gasteiger partial charge in [-0.2, -0.15) is 0 Å². The number of rotatable bonds is 4. The quantitative estimate of drug-likeness (QED) is 0.713. The van der Waals surface area contributed by atoms with Crippen molar-refractivity contribution in [1.29, 1.82) is 0 Å². The zero-order chi connectivity index (χ0) is 14.5. The maximum atomic E-state index is 11.7. The zero-order valence-corrected chi connectivity index (χ0v) is 11.6. The molecule has 0 heterocycles. The largest absolute Gasteiger partial charge is 0.399 e. The first-order valence-corrected chi connectivity index (χ1v) is 6.18. The van der Waals surface area contributed by atoms with Crippen molar-refractivity contribution in [2.45, 2.75) is 20.8 Å². The van der Waals surface area contributed by atoms with Crippen LogP contribution in [0.2, 0.25) is 0 Å². The van der Waals surface area contributed by atoms with Crippen molar-refractivity contribution in [3.05, 3.63) is 29.8 Å². The van der Waals surface area contributed by atoms with Crippen molar-refractivity contribution in [3.63, 3.8) is 0 Å². The lowest BCUT2D eigenvalue weighted by Crippen LogP contribution is -2.40. The number of nitrogens with two attached hydrogens (primary N) is 1. The molecule has 1 aromatic rings. The van der Waals surface area contributed by atoms with Crippen LogP contribution in [-0.4, -0.2) is 24.9 Å². The van der Waals surface area contributed by atoms with Crippen LogP contribution in [0.5, 0.6) is 0 Å². The number of carbonyl (C=O) groups excluding carboxylic acids is 2. The predicted octanol–water partition coefficient (Wildman–Crippen LogP) is 1.16. The molecule has 5 nitrogen and oxygen atoms in total. The third-order valence-corrected chi connectivity index (χ3v) is 2.40. The molecule has 1 rings (SSSR count). The van der Waals surface area contributed by atoms with Crippen molar-refractivity contribution in [1.82, 2.24) is 10.6 Å². The fraction of sp³-hybridized carbons (Fsp3) is 0.429. The molecule has 2 amide bonds. The van der Waals surface area contributed by atoms with Crippen LogP contribution in [0.25, 0.3) is 0 Å². The average molecular weight is 263 g/mol. The van der Waals surface area contributed by atoms with E-state index in [9.17, 15) is 9.59 Å². The maximum Gasteiger partial charge on any atom is 0.251 e. The van der Waals surface area contributed by atoms with Gasteiger partial charge in [0, 0.05) is 17.8 Å². The van der Waals surface area contributed by atoms with E-state index in [1.54, 1.807) is 24.3 Å². The summed E-state index contributed by atoms with van der Waals surface area (Å²) in [6.45, 7) is 6.63. The average Bonchev–Trinajstić information content (AvgIpc) is 2.33. The van der Waals surface area contributed by atoms with E-state index in [0.717, 1.165) is 0 Å². The lowest BCUT2D eigenvalue weighted by Gasteiger charge is -2.18. The van der Waals surface area contributed by atoms with E-state index < -0.39 is 0 Å². The predicted molar refractivity (Wildman–Crippen MR) is 75.7 cm³/mol. The van der Waals surface area contributed by atoms with Crippen molar-refractivity contribution < 1.29 is 9.59 Å². The summed E-state index contributed by atoms with van der Waals surface area (Å²) in [6.07, 6.45) is 0. The van der Waals surface area contributed by atoms with Gasteiger partial charge in [-0.25, -0.2) is 0 Å². The van der Waals surface area contributed by atoms with Gasteiger partial charge in [-0.3, -0.25) is 9.59 Å². The molecule has 0 aromatic heterocycles. The van der Waals surface area contributed by atoms with E-state index in [4.69, 9.17) is 5.73 Å². The first-order valence-electron chi connectivity index (χ1n) is 6.18. The molecule has 19 heavy (non-hydrogen) atoms. The third-order valence-electron chi connectivity index (χ3n) is 2.40. The van der Waals surface area contributed by atoms with Crippen LogP contribution in [0.4, 0.5) is 5.69 Å². The molecule has 5 heteroatoms. The minimum atomic E-state index is -0.286. The fourth-order valence-corrected chi connectivity index (χ4v) is 1.32. The molecule has 104 valence electrons. The molecule has 0 unspecified atom stereocenters. The molecule has 1 aromatic carbocycles. The monoisotopic (exact) mass is 263 g/mol. The zero-order valence-electron chi connectivity index (χ0n) is 11.6. The highest BCUT2D eigenvalue weighted by molar-refractivity contribution is 5.96. The highest BCUT2D eigenvalue weighted by atomic mass is 16.2. The SMILES string of the molecule is CC(C)(C)CNC(=O)CNC(=O)c1ccc(N)cc1. The van der Waals surface area contributed by atoms with Gasteiger partial charge < -0.3 is 16.4 Å². The summed E-state index contributed by atoms with van der Waals surface area (Å²) in [4.78, 5) is 23.3. The minimum Gasteiger partial charge on any atom is -0.399 e. The van der Waals surface area contributed by atoms with Gasteiger partial charge >= 0.3 is 0 Å². The molecule has 0 aliphatic carbocycles. The smallest absolute Gasteiger partial charge is 0.251 e. The van der Waals surface area contributed by atoms with E-state index >= 15 is 0 Å². The standard InChI is InChI=1S/C14H21N3O2/c1-14(2,3)9-17-12(18)8-16-13(19)10-4-6-11(15)7-5-10/h4-7H,8-9,15H2,1-3H3,(H,16,19)(H,17,18). The lowest BCUT2D eigenvalue weighted by molar-refractivity contribution is -0.120. The number of nitrogen functional groups attached to an aromatic ring is 1. The second kappa shape index (κ2) is 6.22. The lowest BCUT2D eigenvalue weighted by atomic mass is 9.97. The Morgan fingerprint density at radius 2 is 1.68 bits per heavy atom. The summed E-state index contributed by atoms with van der Waals surface area (Å²) in [5.74, 6) is -0.482. The molecule has 0 fully saturated rings. The summed E-state index contributed by atoms with van der Waals surface area (Å²) in [5.41, 5.74) is 6.64. The number of hydrogen-bond donors (Lipinski definition) is 3. The molecule has 4 N–H and O–H groups in total. The van der Waals surface area contributed by atoms with Crippen LogP contribution in [0.15, 0.2) is 24.3 Å². The molecule has 0 atom stereocenters. The van der Waals surface area contributed by atoms with Crippen molar-refractivity contribution in [2.24, 2.45) is 5.41 Å². The number of benzene rings is 1. The summed E-state index contributed by atoms with van der Waals surface area (Å²) >= 11 is 0. The normalized spacial score (nSPS) is 10.9. The summed E-state index contributed by atoms with van der Waals surface area (Å²) < 4.78 is 0. The number of carbonyl (C=O) groups is 2. The van der Waals surface area contributed by atoms with Gasteiger partial charge in [0.25, 0.3) is 5.91 Å². The number of anilines is 1. The minimum absolute atomic E-state index is 0.0244. The number of nitrogens with one attached hydrogen (secondary N) is 2. The van der Waals surface area contributed by atoms with Crippen LogP contribution in [0, 0.1) is 5.41 Å². The summed E-state index contributed by atoms with van der Waals surface area (Å²) in [7, 11) is 0. The highest BCUT2D eigenvalue weighted by Gasteiger charge is 2.12. The molecular formula is C14H21N3O2. The molecule has 0 aliphatic rings. The molecule has 0 spiro atoms. The van der Waals surface area contributed by atoms with Crippen LogP contribution in [0.1, 0.15) is 31.1 Å². The molecule has 0 saturated heterocycles.